The number of nitrogens with zero attached hydrogens (tertiary/aromatic N) is 6. The molecule has 0 aromatic carbocycles. The van der Waals surface area contributed by atoms with Crippen LogP contribution in [0, 0.1) is 5.82 Å². The minimum Gasteiger partial charge on any atom is -0.465 e. The lowest BCUT2D eigenvalue weighted by molar-refractivity contribution is 0.114. The smallest absolute Gasteiger partial charge is 0.407 e. The molecular formula is C20H23ClF2N6O3. The third-order valence-corrected chi connectivity index (χ3v) is 6.91. The predicted octanol–water partition coefficient (Wildman–Crippen LogP) is 2.57. The highest BCUT2D eigenvalue weighted by Crippen LogP contribution is 2.36. The monoisotopic (exact) mass is 468 g/mol. The quantitative estimate of drug-likeness (QED) is 0.684. The molecule has 4 atom stereocenters. The normalized spacial score (nSPS) is 28.0. The third kappa shape index (κ3) is 3.66. The van der Waals surface area contributed by atoms with E-state index in [9.17, 15) is 18.7 Å². The summed E-state index contributed by atoms with van der Waals surface area (Å²) in [5, 5.41) is 9.60. The number of hydrogen-bond donors (Lipinski definition) is 1. The van der Waals surface area contributed by atoms with E-state index in [4.69, 9.17) is 16.3 Å². The number of hydrogen-bond acceptors (Lipinski definition) is 7. The topological polar surface area (TPSA) is 94.9 Å². The number of rotatable bonds is 4. The molecular weight excluding hydrogens is 446 g/mol. The Morgan fingerprint density at radius 1 is 1.28 bits per heavy atom. The molecule has 3 aliphatic heterocycles. The van der Waals surface area contributed by atoms with Gasteiger partial charge in [-0.25, -0.2) is 18.6 Å². The van der Waals surface area contributed by atoms with Crippen molar-refractivity contribution in [2.45, 2.75) is 43.6 Å². The maximum absolute atomic E-state index is 14.8. The lowest BCUT2D eigenvalue weighted by Crippen LogP contribution is -2.55. The minimum atomic E-state index is -0.930. The van der Waals surface area contributed by atoms with Crippen LogP contribution in [0.5, 0.6) is 6.01 Å². The summed E-state index contributed by atoms with van der Waals surface area (Å²) in [6, 6.07) is -0.496. The highest BCUT2D eigenvalue weighted by molar-refractivity contribution is 6.30. The van der Waals surface area contributed by atoms with Crippen molar-refractivity contribution in [3.8, 4) is 6.01 Å². The summed E-state index contributed by atoms with van der Waals surface area (Å²) in [6.07, 6.45) is 1.45. The number of fused-ring (bicyclic) bond motifs is 3. The molecule has 0 unspecified atom stereocenters. The van der Waals surface area contributed by atoms with Crippen molar-refractivity contribution in [1.82, 2.24) is 24.8 Å². The molecule has 5 heterocycles. The van der Waals surface area contributed by atoms with Crippen LogP contribution in [0.2, 0.25) is 5.15 Å². The highest BCUT2D eigenvalue weighted by Gasteiger charge is 2.43. The Bertz CT molecular complexity index is 1050. The number of likely N-dealkylation sites (N-methyl/N-ethyl adjacent to an activating group) is 1. The summed E-state index contributed by atoms with van der Waals surface area (Å²) in [5.74, 6) is -0.343. The van der Waals surface area contributed by atoms with Crippen LogP contribution >= 0.6 is 11.6 Å². The van der Waals surface area contributed by atoms with Crippen LogP contribution in [0.25, 0.3) is 10.9 Å². The molecule has 12 heteroatoms. The van der Waals surface area contributed by atoms with E-state index < -0.39 is 18.1 Å². The van der Waals surface area contributed by atoms with Crippen LogP contribution in [-0.2, 0) is 0 Å². The van der Waals surface area contributed by atoms with Gasteiger partial charge in [0, 0.05) is 31.9 Å². The molecule has 0 spiro atoms. The van der Waals surface area contributed by atoms with Crippen LogP contribution < -0.4 is 9.64 Å². The average Bonchev–Trinajstić information content (AvgIpc) is 3.23. The van der Waals surface area contributed by atoms with Crippen molar-refractivity contribution in [2.24, 2.45) is 0 Å². The van der Waals surface area contributed by atoms with Crippen LogP contribution in [0.1, 0.15) is 19.3 Å². The van der Waals surface area contributed by atoms with E-state index in [1.54, 1.807) is 0 Å². The molecule has 3 aliphatic rings. The van der Waals surface area contributed by atoms with Gasteiger partial charge in [-0.2, -0.15) is 9.97 Å². The standard InChI is InChI=1S/C20H23ClF2N6O3/c1-27-6-10(22)4-13(27)9-32-19-25-16-14(5-24-17(21)15(16)23)18(26-19)28-7-11-2-3-12(8-28)29(11)20(30)31/h5,10-13H,2-4,6-9H2,1H3,(H,30,31)/t10-,11-,12+,13+/m1/s1. The van der Waals surface area contributed by atoms with Gasteiger partial charge in [0.25, 0.3) is 0 Å². The van der Waals surface area contributed by atoms with Gasteiger partial charge in [0.15, 0.2) is 11.0 Å². The van der Waals surface area contributed by atoms with Gasteiger partial charge in [0.05, 0.1) is 17.5 Å². The molecule has 1 N–H and O–H groups in total. The largest absolute Gasteiger partial charge is 0.465 e. The summed E-state index contributed by atoms with van der Waals surface area (Å²) >= 11 is 5.88. The van der Waals surface area contributed by atoms with Gasteiger partial charge in [-0.15, -0.1) is 0 Å². The average molecular weight is 469 g/mol. The first-order chi connectivity index (χ1) is 15.3. The van der Waals surface area contributed by atoms with Gasteiger partial charge in [0.1, 0.15) is 24.1 Å². The summed E-state index contributed by atoms with van der Waals surface area (Å²) in [7, 11) is 1.82. The van der Waals surface area contributed by atoms with E-state index in [0.717, 1.165) is 12.8 Å². The van der Waals surface area contributed by atoms with E-state index in [-0.39, 0.29) is 41.4 Å². The molecule has 32 heavy (non-hydrogen) atoms. The van der Waals surface area contributed by atoms with Gasteiger partial charge >= 0.3 is 12.1 Å². The van der Waals surface area contributed by atoms with Crippen molar-refractivity contribution in [3.63, 3.8) is 0 Å². The Hall–Kier alpha value is -2.53. The summed E-state index contributed by atoms with van der Waals surface area (Å²) in [4.78, 5) is 29.6. The molecule has 1 amide bonds. The Morgan fingerprint density at radius 3 is 2.62 bits per heavy atom. The van der Waals surface area contributed by atoms with Gasteiger partial charge in [-0.1, -0.05) is 11.6 Å². The van der Waals surface area contributed by atoms with Crippen molar-refractivity contribution in [1.29, 1.82) is 0 Å². The third-order valence-electron chi connectivity index (χ3n) is 6.65. The van der Waals surface area contributed by atoms with Gasteiger partial charge in [0.2, 0.25) is 0 Å². The summed E-state index contributed by atoms with van der Waals surface area (Å²) in [6.45, 7) is 1.35. The Labute approximate surface area is 187 Å². The molecule has 3 saturated heterocycles. The van der Waals surface area contributed by atoms with E-state index in [0.29, 0.717) is 37.3 Å². The Balaban J connectivity index is 1.48. The number of pyridine rings is 1. The van der Waals surface area contributed by atoms with Gasteiger partial charge in [-0.05, 0) is 26.3 Å². The molecule has 3 fully saturated rings. The molecule has 9 nitrogen and oxygen atoms in total. The second-order valence-electron chi connectivity index (χ2n) is 8.67. The van der Waals surface area contributed by atoms with Crippen LogP contribution in [0.4, 0.5) is 19.4 Å². The molecule has 2 aromatic heterocycles. The fourth-order valence-electron chi connectivity index (χ4n) is 5.07. The first kappa shape index (κ1) is 21.3. The summed E-state index contributed by atoms with van der Waals surface area (Å²) < 4.78 is 34.3. The van der Waals surface area contributed by atoms with Crippen LogP contribution in [-0.4, -0.2) is 93.5 Å². The van der Waals surface area contributed by atoms with Crippen molar-refractivity contribution < 1.29 is 23.4 Å². The number of ether oxygens (including phenoxy) is 1. The molecule has 2 aromatic rings. The maximum Gasteiger partial charge on any atom is 0.407 e. The minimum absolute atomic E-state index is 0.0128. The maximum atomic E-state index is 14.8. The van der Waals surface area contributed by atoms with Gasteiger partial charge < -0.3 is 14.7 Å². The number of carbonyl (C=O) groups is 1. The highest BCUT2D eigenvalue weighted by atomic mass is 35.5. The van der Waals surface area contributed by atoms with E-state index in [1.165, 1.54) is 11.1 Å². The van der Waals surface area contributed by atoms with E-state index in [2.05, 4.69) is 15.0 Å². The van der Waals surface area contributed by atoms with E-state index in [1.807, 2.05) is 16.8 Å². The Kier molecular flexibility index (Phi) is 5.40. The SMILES string of the molecule is CN1C[C@H](F)C[C@H]1COc1nc(N2C[C@H]3CC[C@@H](C2)N3C(=O)O)c2cnc(Cl)c(F)c2n1. The number of aromatic nitrogens is 3. The second kappa shape index (κ2) is 8.11. The number of amides is 1. The predicted molar refractivity (Wildman–Crippen MR) is 113 cm³/mol. The van der Waals surface area contributed by atoms with Crippen molar-refractivity contribution in [3.05, 3.63) is 17.2 Å². The molecule has 0 saturated carbocycles. The second-order valence-corrected chi connectivity index (χ2v) is 9.03. The molecule has 0 radical (unpaired) electrons. The van der Waals surface area contributed by atoms with Crippen LogP contribution in [0.3, 0.4) is 0 Å². The first-order valence-electron chi connectivity index (χ1n) is 10.6. The van der Waals surface area contributed by atoms with Crippen LogP contribution in [0.15, 0.2) is 6.20 Å². The zero-order valence-corrected chi connectivity index (χ0v) is 18.2. The van der Waals surface area contributed by atoms with Crippen molar-refractivity contribution >= 4 is 34.4 Å². The van der Waals surface area contributed by atoms with Crippen molar-refractivity contribution in [2.75, 3.05) is 38.2 Å². The number of piperazine rings is 1. The number of anilines is 1. The zero-order valence-electron chi connectivity index (χ0n) is 17.4. The molecule has 2 bridgehead atoms. The summed E-state index contributed by atoms with van der Waals surface area (Å²) in [5.41, 5.74) is -0.0128. The van der Waals surface area contributed by atoms with E-state index >= 15 is 0 Å². The fraction of sp³-hybridized carbons (Fsp3) is 0.600. The number of likely N-dealkylation sites (tertiary alicyclic amines) is 1. The fourth-order valence-corrected chi connectivity index (χ4v) is 5.21. The van der Waals surface area contributed by atoms with Gasteiger partial charge in [-0.3, -0.25) is 9.80 Å². The molecule has 5 rings (SSSR count). The first-order valence-corrected chi connectivity index (χ1v) is 10.9. The Morgan fingerprint density at radius 2 is 2.00 bits per heavy atom. The number of halogens is 3. The number of carboxylic acid groups (broad SMARTS) is 1. The molecule has 0 aliphatic carbocycles. The number of alkyl halides is 1. The lowest BCUT2D eigenvalue weighted by Gasteiger charge is -2.40. The zero-order chi connectivity index (χ0) is 22.6. The molecule has 172 valence electrons. The lowest BCUT2D eigenvalue weighted by atomic mass is 10.2.